The van der Waals surface area contributed by atoms with Gasteiger partial charge >= 0.3 is 0 Å². The molecule has 0 spiro atoms. The lowest BCUT2D eigenvalue weighted by Gasteiger charge is -2.30. The number of fused-ring (bicyclic) bond motifs is 1. The van der Waals surface area contributed by atoms with E-state index in [9.17, 15) is 4.79 Å². The number of hydrogen-bond acceptors (Lipinski definition) is 4. The predicted molar refractivity (Wildman–Crippen MR) is 81.0 cm³/mol. The standard InChI is InChI=1S/C15H20N4O2/c1-10-3-4-12-13(9-10)19(15(16)17-12)11(2)14(20)18-5-7-21-8-6-18/h3-4,9,11H,5-8H2,1-2H3,(H2,16,17). The van der Waals surface area contributed by atoms with Gasteiger partial charge in [-0.3, -0.25) is 9.36 Å². The SMILES string of the molecule is Cc1ccc2nc(N)n(C(C)C(=O)N3CCOCC3)c2c1. The molecule has 1 aromatic heterocycles. The normalized spacial score (nSPS) is 17.1. The van der Waals surface area contributed by atoms with Crippen LogP contribution in [0.4, 0.5) is 5.95 Å². The van der Waals surface area contributed by atoms with E-state index in [0.717, 1.165) is 16.6 Å². The first-order chi connectivity index (χ1) is 10.1. The molecule has 1 aromatic carbocycles. The number of carbonyl (C=O) groups excluding carboxylic acids is 1. The van der Waals surface area contributed by atoms with Crippen molar-refractivity contribution in [2.45, 2.75) is 19.9 Å². The van der Waals surface area contributed by atoms with Gasteiger partial charge in [-0.2, -0.15) is 0 Å². The Labute approximate surface area is 123 Å². The van der Waals surface area contributed by atoms with Crippen LogP contribution in [-0.4, -0.2) is 46.7 Å². The molecule has 2 aromatic rings. The van der Waals surface area contributed by atoms with Gasteiger partial charge in [0.25, 0.3) is 0 Å². The van der Waals surface area contributed by atoms with Crippen LogP contribution in [0.2, 0.25) is 0 Å². The van der Waals surface area contributed by atoms with E-state index in [1.807, 2.05) is 41.5 Å². The van der Waals surface area contributed by atoms with E-state index >= 15 is 0 Å². The molecule has 1 saturated heterocycles. The monoisotopic (exact) mass is 288 g/mol. The molecule has 0 bridgehead atoms. The molecule has 1 aliphatic rings. The molecule has 1 atom stereocenters. The van der Waals surface area contributed by atoms with E-state index in [1.165, 1.54) is 0 Å². The van der Waals surface area contributed by atoms with Crippen LogP contribution in [0.1, 0.15) is 18.5 Å². The zero-order valence-electron chi connectivity index (χ0n) is 12.4. The Hall–Kier alpha value is -2.08. The highest BCUT2D eigenvalue weighted by Crippen LogP contribution is 2.25. The number of aromatic nitrogens is 2. The molecule has 1 amide bonds. The Balaban J connectivity index is 1.96. The van der Waals surface area contributed by atoms with Crippen molar-refractivity contribution >= 4 is 22.9 Å². The third-order valence-electron chi connectivity index (χ3n) is 3.94. The molecule has 1 aliphatic heterocycles. The van der Waals surface area contributed by atoms with Gasteiger partial charge in [0.05, 0.1) is 24.2 Å². The molecule has 21 heavy (non-hydrogen) atoms. The highest BCUT2D eigenvalue weighted by molar-refractivity contribution is 5.86. The van der Waals surface area contributed by atoms with E-state index in [4.69, 9.17) is 10.5 Å². The Morgan fingerprint density at radius 1 is 1.38 bits per heavy atom. The zero-order valence-corrected chi connectivity index (χ0v) is 12.4. The van der Waals surface area contributed by atoms with Crippen molar-refractivity contribution < 1.29 is 9.53 Å². The number of carbonyl (C=O) groups is 1. The fourth-order valence-electron chi connectivity index (χ4n) is 2.79. The third-order valence-corrected chi connectivity index (χ3v) is 3.94. The van der Waals surface area contributed by atoms with E-state index < -0.39 is 0 Å². The minimum atomic E-state index is -0.366. The van der Waals surface area contributed by atoms with Gasteiger partial charge in [0.2, 0.25) is 11.9 Å². The number of rotatable bonds is 2. The largest absolute Gasteiger partial charge is 0.378 e. The van der Waals surface area contributed by atoms with Gasteiger partial charge in [-0.25, -0.2) is 4.98 Å². The number of ether oxygens (including phenoxy) is 1. The summed E-state index contributed by atoms with van der Waals surface area (Å²) in [6.45, 7) is 6.35. The molecule has 1 fully saturated rings. The smallest absolute Gasteiger partial charge is 0.245 e. The van der Waals surface area contributed by atoms with Crippen molar-refractivity contribution in [3.63, 3.8) is 0 Å². The predicted octanol–water partition coefficient (Wildman–Crippen LogP) is 1.35. The quantitative estimate of drug-likeness (QED) is 0.905. The van der Waals surface area contributed by atoms with E-state index in [0.29, 0.717) is 32.3 Å². The molecule has 6 nitrogen and oxygen atoms in total. The molecular formula is C15H20N4O2. The van der Waals surface area contributed by atoms with Gasteiger partial charge in [-0.15, -0.1) is 0 Å². The molecule has 6 heteroatoms. The highest BCUT2D eigenvalue weighted by atomic mass is 16.5. The van der Waals surface area contributed by atoms with Crippen LogP contribution in [0.3, 0.4) is 0 Å². The minimum absolute atomic E-state index is 0.0609. The fraction of sp³-hybridized carbons (Fsp3) is 0.467. The first-order valence-corrected chi connectivity index (χ1v) is 7.18. The number of morpholine rings is 1. The van der Waals surface area contributed by atoms with Crippen LogP contribution in [0.25, 0.3) is 11.0 Å². The molecule has 3 rings (SSSR count). The van der Waals surface area contributed by atoms with E-state index in [-0.39, 0.29) is 11.9 Å². The lowest BCUT2D eigenvalue weighted by atomic mass is 10.2. The van der Waals surface area contributed by atoms with Crippen molar-refractivity contribution in [1.82, 2.24) is 14.5 Å². The van der Waals surface area contributed by atoms with Crippen LogP contribution >= 0.6 is 0 Å². The van der Waals surface area contributed by atoms with Crippen molar-refractivity contribution in [1.29, 1.82) is 0 Å². The number of anilines is 1. The van der Waals surface area contributed by atoms with Gasteiger partial charge in [0.15, 0.2) is 0 Å². The lowest BCUT2D eigenvalue weighted by molar-refractivity contribution is -0.138. The Morgan fingerprint density at radius 3 is 2.81 bits per heavy atom. The maximum absolute atomic E-state index is 12.6. The molecule has 0 radical (unpaired) electrons. The third kappa shape index (κ3) is 2.47. The summed E-state index contributed by atoms with van der Waals surface area (Å²) < 4.78 is 7.11. The molecule has 0 saturated carbocycles. The number of nitrogens with zero attached hydrogens (tertiary/aromatic N) is 3. The van der Waals surface area contributed by atoms with E-state index in [1.54, 1.807) is 0 Å². The van der Waals surface area contributed by atoms with Crippen LogP contribution < -0.4 is 5.73 Å². The van der Waals surface area contributed by atoms with Gasteiger partial charge < -0.3 is 15.4 Å². The Bertz CT molecular complexity index is 674. The number of nitrogen functional groups attached to an aromatic ring is 1. The average Bonchev–Trinajstić information content (AvgIpc) is 2.82. The van der Waals surface area contributed by atoms with Crippen molar-refractivity contribution in [2.75, 3.05) is 32.0 Å². The number of hydrogen-bond donors (Lipinski definition) is 1. The van der Waals surface area contributed by atoms with Crippen LogP contribution in [0.5, 0.6) is 0 Å². The maximum Gasteiger partial charge on any atom is 0.245 e. The first kappa shape index (κ1) is 13.9. The van der Waals surface area contributed by atoms with Gasteiger partial charge in [0.1, 0.15) is 6.04 Å². The van der Waals surface area contributed by atoms with Gasteiger partial charge in [-0.1, -0.05) is 6.07 Å². The minimum Gasteiger partial charge on any atom is -0.378 e. The summed E-state index contributed by atoms with van der Waals surface area (Å²) in [4.78, 5) is 18.8. The van der Waals surface area contributed by atoms with Crippen LogP contribution in [-0.2, 0) is 9.53 Å². The van der Waals surface area contributed by atoms with Crippen molar-refractivity contribution in [2.24, 2.45) is 0 Å². The summed E-state index contributed by atoms with van der Waals surface area (Å²) in [5, 5.41) is 0. The molecular weight excluding hydrogens is 268 g/mol. The Kier molecular flexibility index (Phi) is 3.55. The summed E-state index contributed by atoms with van der Waals surface area (Å²) in [5.74, 6) is 0.440. The summed E-state index contributed by atoms with van der Waals surface area (Å²) in [7, 11) is 0. The summed E-state index contributed by atoms with van der Waals surface area (Å²) >= 11 is 0. The second-order valence-electron chi connectivity index (χ2n) is 5.45. The number of imidazole rings is 1. The lowest BCUT2D eigenvalue weighted by Crippen LogP contribution is -2.43. The average molecular weight is 288 g/mol. The molecule has 2 N–H and O–H groups in total. The van der Waals surface area contributed by atoms with Crippen molar-refractivity contribution in [3.8, 4) is 0 Å². The molecule has 1 unspecified atom stereocenters. The van der Waals surface area contributed by atoms with E-state index in [2.05, 4.69) is 4.98 Å². The van der Waals surface area contributed by atoms with Gasteiger partial charge in [0, 0.05) is 13.1 Å². The number of nitrogens with two attached hydrogens (primary N) is 1. The number of aryl methyl sites for hydroxylation is 1. The first-order valence-electron chi connectivity index (χ1n) is 7.18. The molecule has 2 heterocycles. The molecule has 112 valence electrons. The van der Waals surface area contributed by atoms with Crippen LogP contribution in [0, 0.1) is 6.92 Å². The zero-order chi connectivity index (χ0) is 15.0. The van der Waals surface area contributed by atoms with Gasteiger partial charge in [-0.05, 0) is 31.5 Å². The second kappa shape index (κ2) is 5.37. The topological polar surface area (TPSA) is 73.4 Å². The van der Waals surface area contributed by atoms with Crippen molar-refractivity contribution in [3.05, 3.63) is 23.8 Å². The summed E-state index contributed by atoms with van der Waals surface area (Å²) in [5.41, 5.74) is 8.87. The highest BCUT2D eigenvalue weighted by Gasteiger charge is 2.26. The fourth-order valence-corrected chi connectivity index (χ4v) is 2.79. The summed E-state index contributed by atoms with van der Waals surface area (Å²) in [6.07, 6.45) is 0. The number of benzene rings is 1. The van der Waals surface area contributed by atoms with Crippen LogP contribution in [0.15, 0.2) is 18.2 Å². The Morgan fingerprint density at radius 2 is 2.10 bits per heavy atom. The molecule has 0 aliphatic carbocycles. The maximum atomic E-state index is 12.6. The second-order valence-corrected chi connectivity index (χ2v) is 5.45. The summed E-state index contributed by atoms with van der Waals surface area (Å²) in [6, 6.07) is 5.58. The number of amides is 1.